The maximum absolute atomic E-state index is 8.54. The summed E-state index contributed by atoms with van der Waals surface area (Å²) in [5.74, 6) is 0. The summed E-state index contributed by atoms with van der Waals surface area (Å²) < 4.78 is 0. The van der Waals surface area contributed by atoms with Crippen molar-refractivity contribution in [2.75, 3.05) is 0 Å². The average molecular weight is 167 g/mol. The topological polar surface area (TPSA) is 64.3 Å². The fourth-order valence-electron chi connectivity index (χ4n) is 1.18. The van der Waals surface area contributed by atoms with E-state index in [4.69, 9.17) is 15.6 Å². The van der Waals surface area contributed by atoms with Gasteiger partial charge in [0.1, 0.15) is 0 Å². The highest BCUT2D eigenvalue weighted by atomic mass is 16.5. The molecule has 0 heterocycles. The van der Waals surface area contributed by atoms with Gasteiger partial charge in [-0.1, -0.05) is 12.2 Å². The van der Waals surface area contributed by atoms with E-state index in [0.717, 1.165) is 18.4 Å². The Labute approximate surface area is 71.5 Å². The van der Waals surface area contributed by atoms with Crippen molar-refractivity contribution in [1.82, 2.24) is 0 Å². The summed E-state index contributed by atoms with van der Waals surface area (Å²) in [6, 6.07) is 0. The van der Waals surface area contributed by atoms with Gasteiger partial charge in [-0.2, -0.15) is 0 Å². The van der Waals surface area contributed by atoms with Crippen LogP contribution in [0.2, 0.25) is 0 Å². The Kier molecular flexibility index (Phi) is 3.19. The van der Waals surface area contributed by atoms with Crippen LogP contribution in [-0.2, 0) is 0 Å². The van der Waals surface area contributed by atoms with Crippen LogP contribution in [0.5, 0.6) is 0 Å². The molecule has 0 aliphatic heterocycles. The normalized spacial score (nSPS) is 18.9. The summed E-state index contributed by atoms with van der Waals surface area (Å²) in [6.45, 7) is 0. The van der Waals surface area contributed by atoms with Crippen LogP contribution in [-0.4, -0.2) is 22.2 Å². The lowest BCUT2D eigenvalue weighted by atomic mass is 9.97. The fourth-order valence-corrected chi connectivity index (χ4v) is 1.18. The lowest BCUT2D eigenvalue weighted by Gasteiger charge is -2.10. The Morgan fingerprint density at radius 1 is 1.50 bits per heavy atom. The minimum atomic E-state index is -1.39. The molecular formula is C9H13NO2. The number of rotatable bonds is 2. The summed E-state index contributed by atoms with van der Waals surface area (Å²) in [5, 5.41) is 24.5. The molecule has 3 heteroatoms. The van der Waals surface area contributed by atoms with Crippen molar-refractivity contribution in [2.24, 2.45) is 0 Å². The number of hydrogen-bond donors (Lipinski definition) is 3. The van der Waals surface area contributed by atoms with Crippen LogP contribution in [0.4, 0.5) is 0 Å². The minimum absolute atomic E-state index is 0.642. The van der Waals surface area contributed by atoms with E-state index in [-0.39, 0.29) is 0 Å². The Morgan fingerprint density at radius 2 is 2.25 bits per heavy atom. The van der Waals surface area contributed by atoms with Gasteiger partial charge in [-0.3, -0.25) is 0 Å². The van der Waals surface area contributed by atoms with Gasteiger partial charge in [0, 0.05) is 12.1 Å². The fraction of sp³-hybridized carbons (Fsp3) is 0.444. The number of allylic oxidation sites excluding steroid dienone is 3. The van der Waals surface area contributed by atoms with Crippen LogP contribution in [0, 0.1) is 5.41 Å². The summed E-state index contributed by atoms with van der Waals surface area (Å²) in [6.07, 6.45) is 5.98. The predicted molar refractivity (Wildman–Crippen MR) is 47.0 cm³/mol. The van der Waals surface area contributed by atoms with Crippen molar-refractivity contribution in [3.8, 4) is 0 Å². The molecule has 0 radical (unpaired) electrons. The second-order valence-electron chi connectivity index (χ2n) is 2.87. The largest absolute Gasteiger partial charge is 0.365 e. The number of hydrogen-bond acceptors (Lipinski definition) is 3. The van der Waals surface area contributed by atoms with Gasteiger partial charge in [-0.05, 0) is 24.5 Å². The summed E-state index contributed by atoms with van der Waals surface area (Å²) in [5.41, 5.74) is 1.71. The van der Waals surface area contributed by atoms with E-state index < -0.39 is 6.29 Å². The number of aliphatic hydroxyl groups excluding tert-OH is 1. The molecule has 0 bridgehead atoms. The van der Waals surface area contributed by atoms with Crippen molar-refractivity contribution in [3.63, 3.8) is 0 Å². The monoisotopic (exact) mass is 167 g/mol. The highest BCUT2D eigenvalue weighted by molar-refractivity contribution is 5.85. The number of nitrogens with one attached hydrogen (secondary N) is 1. The zero-order valence-corrected chi connectivity index (χ0v) is 6.83. The quantitative estimate of drug-likeness (QED) is 0.537. The Bertz CT molecular complexity index is 229. The van der Waals surface area contributed by atoms with E-state index in [1.165, 1.54) is 6.08 Å². The molecule has 0 aromatic carbocycles. The molecule has 1 aliphatic rings. The van der Waals surface area contributed by atoms with E-state index >= 15 is 0 Å². The molecule has 0 aromatic rings. The molecule has 0 saturated carbocycles. The van der Waals surface area contributed by atoms with E-state index in [2.05, 4.69) is 0 Å². The van der Waals surface area contributed by atoms with Crippen LogP contribution in [0.3, 0.4) is 0 Å². The molecular weight excluding hydrogens is 154 g/mol. The highest BCUT2D eigenvalue weighted by Gasteiger charge is 2.05. The second-order valence-corrected chi connectivity index (χ2v) is 2.87. The molecule has 0 aromatic heterocycles. The molecule has 0 amide bonds. The van der Waals surface area contributed by atoms with Crippen LogP contribution in [0.25, 0.3) is 0 Å². The van der Waals surface area contributed by atoms with E-state index in [9.17, 15) is 0 Å². The molecule has 0 atom stereocenters. The van der Waals surface area contributed by atoms with Gasteiger partial charge >= 0.3 is 0 Å². The Hall–Kier alpha value is -0.930. The van der Waals surface area contributed by atoms with Crippen LogP contribution < -0.4 is 0 Å². The molecule has 1 rings (SSSR count). The molecule has 0 fully saturated rings. The van der Waals surface area contributed by atoms with Crippen molar-refractivity contribution in [3.05, 3.63) is 23.8 Å². The van der Waals surface area contributed by atoms with Crippen molar-refractivity contribution in [1.29, 1.82) is 5.41 Å². The van der Waals surface area contributed by atoms with Gasteiger partial charge in [0.2, 0.25) is 0 Å². The second kappa shape index (κ2) is 4.18. The number of aliphatic hydroxyl groups is 2. The van der Waals surface area contributed by atoms with E-state index in [1.807, 2.05) is 6.08 Å². The van der Waals surface area contributed by atoms with Crippen molar-refractivity contribution < 1.29 is 10.2 Å². The first-order valence-corrected chi connectivity index (χ1v) is 3.98. The first-order valence-electron chi connectivity index (χ1n) is 3.98. The summed E-state index contributed by atoms with van der Waals surface area (Å²) in [7, 11) is 0. The third-order valence-electron chi connectivity index (χ3n) is 1.75. The van der Waals surface area contributed by atoms with E-state index in [0.29, 0.717) is 12.1 Å². The zero-order chi connectivity index (χ0) is 8.97. The maximum atomic E-state index is 8.54. The third-order valence-corrected chi connectivity index (χ3v) is 1.75. The zero-order valence-electron chi connectivity index (χ0n) is 6.83. The van der Waals surface area contributed by atoms with Gasteiger partial charge in [0.25, 0.3) is 0 Å². The van der Waals surface area contributed by atoms with Crippen molar-refractivity contribution >= 4 is 5.71 Å². The van der Waals surface area contributed by atoms with Gasteiger partial charge in [0.15, 0.2) is 6.29 Å². The Balaban J connectivity index is 2.52. The minimum Gasteiger partial charge on any atom is -0.365 e. The molecule has 3 N–H and O–H groups in total. The highest BCUT2D eigenvalue weighted by Crippen LogP contribution is 2.15. The van der Waals surface area contributed by atoms with Gasteiger partial charge in [-0.25, -0.2) is 0 Å². The molecule has 0 spiro atoms. The van der Waals surface area contributed by atoms with Gasteiger partial charge in [-0.15, -0.1) is 0 Å². The van der Waals surface area contributed by atoms with Crippen LogP contribution in [0.15, 0.2) is 23.8 Å². The third kappa shape index (κ3) is 2.98. The SMILES string of the molecule is N=C1CCC=C(/C=C/C(O)O)C1. The molecule has 0 unspecified atom stereocenters. The molecule has 0 saturated heterocycles. The predicted octanol–water partition coefficient (Wildman–Crippen LogP) is 0.983. The lowest BCUT2D eigenvalue weighted by Crippen LogP contribution is -2.03. The Morgan fingerprint density at radius 3 is 2.83 bits per heavy atom. The molecule has 12 heavy (non-hydrogen) atoms. The first kappa shape index (κ1) is 9.16. The summed E-state index contributed by atoms with van der Waals surface area (Å²) >= 11 is 0. The average Bonchev–Trinajstić information content (AvgIpc) is 2.01. The molecule has 1 aliphatic carbocycles. The summed E-state index contributed by atoms with van der Waals surface area (Å²) in [4.78, 5) is 0. The van der Waals surface area contributed by atoms with Crippen molar-refractivity contribution in [2.45, 2.75) is 25.6 Å². The van der Waals surface area contributed by atoms with Crippen LogP contribution >= 0.6 is 0 Å². The van der Waals surface area contributed by atoms with Gasteiger partial charge in [0.05, 0.1) is 0 Å². The van der Waals surface area contributed by atoms with E-state index in [1.54, 1.807) is 6.08 Å². The molecule has 66 valence electrons. The standard InChI is InChI=1S/C9H13NO2/c10-8-3-1-2-7(6-8)4-5-9(11)12/h2,4-5,9-12H,1,3,6H2/b5-4+,10-8?. The maximum Gasteiger partial charge on any atom is 0.171 e. The molecule has 3 nitrogen and oxygen atoms in total. The first-order chi connectivity index (χ1) is 5.68. The van der Waals surface area contributed by atoms with Crippen LogP contribution in [0.1, 0.15) is 19.3 Å². The van der Waals surface area contributed by atoms with Gasteiger partial charge < -0.3 is 15.6 Å². The smallest absolute Gasteiger partial charge is 0.171 e. The lowest BCUT2D eigenvalue weighted by molar-refractivity contribution is 0.00233.